The first-order valence-electron chi connectivity index (χ1n) is 9.34. The van der Waals surface area contributed by atoms with Gasteiger partial charge in [-0.15, -0.1) is 34.9 Å². The SMILES string of the molecule is CC(=O)/C=C(/C)O.Cc1[c-]c(-c2cc(C)c3cc(C)c(C)cc3n2)cc(C)c1.[Ir]. The van der Waals surface area contributed by atoms with Crippen molar-refractivity contribution < 1.29 is 30.0 Å². The van der Waals surface area contributed by atoms with Crippen LogP contribution in [0.2, 0.25) is 0 Å². The van der Waals surface area contributed by atoms with E-state index in [9.17, 15) is 4.79 Å². The molecule has 3 rings (SSSR count). The summed E-state index contributed by atoms with van der Waals surface area (Å²) in [7, 11) is 0. The van der Waals surface area contributed by atoms with Crippen molar-refractivity contribution in [2.45, 2.75) is 48.5 Å². The number of pyridine rings is 1. The minimum absolute atomic E-state index is 0. The predicted octanol–water partition coefficient (Wildman–Crippen LogP) is 6.28. The molecule has 155 valence electrons. The first kappa shape index (κ1) is 24.7. The van der Waals surface area contributed by atoms with E-state index in [2.05, 4.69) is 71.0 Å². The summed E-state index contributed by atoms with van der Waals surface area (Å²) in [5.74, 6) is -0.0625. The van der Waals surface area contributed by atoms with Crippen LogP contribution in [-0.4, -0.2) is 15.9 Å². The van der Waals surface area contributed by atoms with Crippen molar-refractivity contribution >= 4 is 16.7 Å². The van der Waals surface area contributed by atoms with Gasteiger partial charge in [-0.05, 0) is 69.1 Å². The maximum Gasteiger partial charge on any atom is 0.155 e. The van der Waals surface area contributed by atoms with Crippen LogP contribution in [0.4, 0.5) is 0 Å². The van der Waals surface area contributed by atoms with Crippen molar-refractivity contribution in [3.8, 4) is 11.3 Å². The minimum Gasteiger partial charge on any atom is -0.512 e. The molecule has 0 bridgehead atoms. The number of aliphatic hydroxyl groups excluding tert-OH is 1. The molecule has 0 amide bonds. The Balaban J connectivity index is 0.000000456. The zero-order valence-corrected chi connectivity index (χ0v) is 20.5. The van der Waals surface area contributed by atoms with Crippen molar-refractivity contribution in [2.75, 3.05) is 0 Å². The van der Waals surface area contributed by atoms with Crippen LogP contribution < -0.4 is 0 Å². The Kier molecular flexibility index (Phi) is 8.94. The molecule has 0 aliphatic heterocycles. The number of aromatic nitrogens is 1. The van der Waals surface area contributed by atoms with E-state index in [-0.39, 0.29) is 31.6 Å². The molecular formula is C25H28IrNO2-. The van der Waals surface area contributed by atoms with Gasteiger partial charge in [-0.2, -0.15) is 0 Å². The van der Waals surface area contributed by atoms with Gasteiger partial charge in [-0.25, -0.2) is 0 Å². The van der Waals surface area contributed by atoms with Crippen molar-refractivity contribution in [2.24, 2.45) is 0 Å². The van der Waals surface area contributed by atoms with Gasteiger partial charge in [-0.1, -0.05) is 19.9 Å². The van der Waals surface area contributed by atoms with Crippen LogP contribution in [0, 0.1) is 40.7 Å². The van der Waals surface area contributed by atoms with E-state index >= 15 is 0 Å². The van der Waals surface area contributed by atoms with E-state index in [0.29, 0.717) is 0 Å². The largest absolute Gasteiger partial charge is 0.512 e. The van der Waals surface area contributed by atoms with Crippen molar-refractivity contribution in [1.29, 1.82) is 0 Å². The van der Waals surface area contributed by atoms with Crippen molar-refractivity contribution in [3.05, 3.63) is 76.1 Å². The number of hydrogen-bond donors (Lipinski definition) is 1. The fourth-order valence-electron chi connectivity index (χ4n) is 3.12. The second-order valence-corrected chi connectivity index (χ2v) is 7.43. The number of benzene rings is 2. The number of allylic oxidation sites excluding steroid dienone is 2. The van der Waals surface area contributed by atoms with E-state index < -0.39 is 0 Å². The zero-order chi connectivity index (χ0) is 21.0. The van der Waals surface area contributed by atoms with Gasteiger partial charge in [0.15, 0.2) is 5.78 Å². The van der Waals surface area contributed by atoms with Gasteiger partial charge in [0.1, 0.15) is 0 Å². The standard InChI is InChI=1S/C20H20N.C5H8O2.Ir/c1-12-6-13(2)8-17(7-12)19-11-16(5)18-9-14(3)15(4)10-20(18)21-19;1-4(6)3-5(2)7;/h6-7,9-11H,1-5H3;3,6H,1-2H3;/q-1;;/b;4-3-;. The molecule has 3 aromatic rings. The van der Waals surface area contributed by atoms with E-state index in [0.717, 1.165) is 22.3 Å². The van der Waals surface area contributed by atoms with Gasteiger partial charge < -0.3 is 5.11 Å². The van der Waals surface area contributed by atoms with E-state index in [1.165, 1.54) is 47.6 Å². The number of fused-ring (bicyclic) bond motifs is 1. The second-order valence-electron chi connectivity index (χ2n) is 7.43. The van der Waals surface area contributed by atoms with Gasteiger partial charge in [0.05, 0.1) is 11.3 Å². The first-order valence-corrected chi connectivity index (χ1v) is 9.34. The second kappa shape index (κ2) is 10.5. The summed E-state index contributed by atoms with van der Waals surface area (Å²) in [5.41, 5.74) is 9.44. The molecule has 0 fully saturated rings. The molecule has 1 N–H and O–H groups in total. The number of nitrogens with zero attached hydrogens (tertiary/aromatic N) is 1. The Morgan fingerprint density at radius 1 is 0.931 bits per heavy atom. The number of aliphatic hydroxyl groups is 1. The molecule has 1 heterocycles. The number of rotatable bonds is 2. The van der Waals surface area contributed by atoms with Crippen LogP contribution in [-0.2, 0) is 24.9 Å². The summed E-state index contributed by atoms with van der Waals surface area (Å²) >= 11 is 0. The van der Waals surface area contributed by atoms with E-state index in [1.807, 2.05) is 0 Å². The number of aryl methyl sites for hydroxylation is 5. The van der Waals surface area contributed by atoms with Crippen LogP contribution in [0.1, 0.15) is 41.7 Å². The number of carbonyl (C=O) groups excluding carboxylic acids is 1. The first-order chi connectivity index (χ1) is 13.1. The monoisotopic (exact) mass is 567 g/mol. The Labute approximate surface area is 187 Å². The van der Waals surface area contributed by atoms with Gasteiger partial charge >= 0.3 is 0 Å². The molecule has 0 aliphatic carbocycles. The fraction of sp³-hybridized carbons (Fsp3) is 0.280. The number of hydrogen-bond acceptors (Lipinski definition) is 3. The van der Waals surface area contributed by atoms with Crippen LogP contribution in [0.25, 0.3) is 22.2 Å². The summed E-state index contributed by atoms with van der Waals surface area (Å²) < 4.78 is 0. The Bertz CT molecular complexity index is 1040. The number of ketones is 1. The van der Waals surface area contributed by atoms with E-state index in [1.54, 1.807) is 0 Å². The maximum absolute atomic E-state index is 10.0. The van der Waals surface area contributed by atoms with Gasteiger partial charge in [-0.3, -0.25) is 9.78 Å². The summed E-state index contributed by atoms with van der Waals surface area (Å²) in [6, 6.07) is 14.3. The molecular weight excluding hydrogens is 538 g/mol. The molecule has 0 unspecified atom stereocenters. The summed E-state index contributed by atoms with van der Waals surface area (Å²) in [6.45, 7) is 13.5. The van der Waals surface area contributed by atoms with Crippen LogP contribution in [0.3, 0.4) is 0 Å². The minimum atomic E-state index is -0.125. The smallest absolute Gasteiger partial charge is 0.155 e. The van der Waals surface area contributed by atoms with Crippen LogP contribution >= 0.6 is 0 Å². The zero-order valence-electron chi connectivity index (χ0n) is 18.1. The number of carbonyl (C=O) groups is 1. The summed E-state index contributed by atoms with van der Waals surface area (Å²) in [4.78, 5) is 14.9. The van der Waals surface area contributed by atoms with Gasteiger partial charge in [0.2, 0.25) is 0 Å². The molecule has 29 heavy (non-hydrogen) atoms. The quantitative estimate of drug-likeness (QED) is 0.226. The molecule has 0 saturated heterocycles. The average molecular weight is 567 g/mol. The summed E-state index contributed by atoms with van der Waals surface area (Å²) in [5, 5.41) is 9.60. The molecule has 0 spiro atoms. The molecule has 3 nitrogen and oxygen atoms in total. The molecule has 0 saturated carbocycles. The average Bonchev–Trinajstić information content (AvgIpc) is 2.55. The van der Waals surface area contributed by atoms with Gasteiger partial charge in [0, 0.05) is 31.6 Å². The van der Waals surface area contributed by atoms with Crippen LogP contribution in [0.15, 0.2) is 42.2 Å². The Morgan fingerprint density at radius 3 is 2.07 bits per heavy atom. The normalized spacial score (nSPS) is 10.8. The fourth-order valence-corrected chi connectivity index (χ4v) is 3.12. The third kappa shape index (κ3) is 6.92. The van der Waals surface area contributed by atoms with Gasteiger partial charge in [0.25, 0.3) is 0 Å². The molecule has 2 aromatic carbocycles. The molecule has 1 aromatic heterocycles. The third-order valence-corrected chi connectivity index (χ3v) is 4.47. The van der Waals surface area contributed by atoms with Crippen molar-refractivity contribution in [1.82, 2.24) is 4.98 Å². The topological polar surface area (TPSA) is 50.2 Å². The predicted molar refractivity (Wildman–Crippen MR) is 117 cm³/mol. The Hall–Kier alpha value is -2.29. The Morgan fingerprint density at radius 2 is 1.55 bits per heavy atom. The molecule has 0 aliphatic rings. The van der Waals surface area contributed by atoms with Crippen molar-refractivity contribution in [3.63, 3.8) is 0 Å². The molecule has 0 atom stereocenters. The summed E-state index contributed by atoms with van der Waals surface area (Å²) in [6.07, 6.45) is 1.17. The molecule has 4 heteroatoms. The van der Waals surface area contributed by atoms with E-state index in [4.69, 9.17) is 10.1 Å². The maximum atomic E-state index is 10.0. The van der Waals surface area contributed by atoms with Crippen LogP contribution in [0.5, 0.6) is 0 Å². The third-order valence-electron chi connectivity index (χ3n) is 4.47. The molecule has 1 radical (unpaired) electrons.